The molecule has 1 fully saturated rings. The number of para-hydroxylation sites is 1. The average molecular weight is 383 g/mol. The van der Waals surface area contributed by atoms with Gasteiger partial charge in [0.1, 0.15) is 11.5 Å². The molecule has 0 atom stereocenters. The highest BCUT2D eigenvalue weighted by Gasteiger charge is 2.21. The van der Waals surface area contributed by atoms with Gasteiger partial charge in [0.05, 0.1) is 20.8 Å². The number of piperazine rings is 1. The van der Waals surface area contributed by atoms with Crippen molar-refractivity contribution >= 4 is 17.5 Å². The molecule has 2 amide bonds. The lowest BCUT2D eigenvalue weighted by Crippen LogP contribution is -2.51. The molecule has 0 saturated carbocycles. The van der Waals surface area contributed by atoms with Crippen molar-refractivity contribution in [1.82, 2.24) is 10.2 Å². The topological polar surface area (TPSA) is 71.1 Å². The number of methoxy groups -OCH3 is 2. The number of anilines is 1. The maximum Gasteiger partial charge on any atom is 0.251 e. The van der Waals surface area contributed by atoms with Crippen LogP contribution in [0, 0.1) is 0 Å². The van der Waals surface area contributed by atoms with Crippen LogP contribution in [0.3, 0.4) is 0 Å². The summed E-state index contributed by atoms with van der Waals surface area (Å²) in [5, 5.41) is 2.69. The minimum atomic E-state index is -0.339. The van der Waals surface area contributed by atoms with E-state index in [-0.39, 0.29) is 18.4 Å². The summed E-state index contributed by atoms with van der Waals surface area (Å²) in [5.41, 5.74) is 1.55. The minimum Gasteiger partial charge on any atom is -0.497 e. The fourth-order valence-electron chi connectivity index (χ4n) is 3.16. The molecule has 7 nitrogen and oxygen atoms in total. The van der Waals surface area contributed by atoms with E-state index < -0.39 is 0 Å². The van der Waals surface area contributed by atoms with Crippen molar-refractivity contribution < 1.29 is 19.1 Å². The Balaban J connectivity index is 1.51. The standard InChI is InChI=1S/C21H25N3O4/c1-27-18-12-16(13-19(14-18)28-2)21(26)22-15-20(25)24-10-8-23(9-11-24)17-6-4-3-5-7-17/h3-7,12-14H,8-11,15H2,1-2H3,(H,22,26). The first-order chi connectivity index (χ1) is 13.6. The van der Waals surface area contributed by atoms with Gasteiger partial charge in [-0.3, -0.25) is 9.59 Å². The van der Waals surface area contributed by atoms with Crippen LogP contribution in [0.4, 0.5) is 5.69 Å². The lowest BCUT2D eigenvalue weighted by atomic mass is 10.2. The van der Waals surface area contributed by atoms with E-state index in [1.54, 1.807) is 23.1 Å². The number of benzene rings is 2. The van der Waals surface area contributed by atoms with Crippen LogP contribution in [-0.2, 0) is 4.79 Å². The summed E-state index contributed by atoms with van der Waals surface area (Å²) in [6.45, 7) is 2.78. The summed E-state index contributed by atoms with van der Waals surface area (Å²) in [5.74, 6) is 0.616. The molecule has 2 aromatic rings. The molecule has 1 saturated heterocycles. The van der Waals surface area contributed by atoms with Crippen molar-refractivity contribution in [2.45, 2.75) is 0 Å². The van der Waals surface area contributed by atoms with Crippen LogP contribution in [0.2, 0.25) is 0 Å². The smallest absolute Gasteiger partial charge is 0.251 e. The first-order valence-electron chi connectivity index (χ1n) is 9.19. The summed E-state index contributed by atoms with van der Waals surface area (Å²) in [7, 11) is 3.05. The molecule has 0 aromatic heterocycles. The zero-order valence-electron chi connectivity index (χ0n) is 16.2. The van der Waals surface area contributed by atoms with Crippen LogP contribution >= 0.6 is 0 Å². The van der Waals surface area contributed by atoms with Crippen molar-refractivity contribution in [3.8, 4) is 11.5 Å². The number of amides is 2. The van der Waals surface area contributed by atoms with E-state index in [9.17, 15) is 9.59 Å². The molecular formula is C21H25N3O4. The number of nitrogens with zero attached hydrogens (tertiary/aromatic N) is 2. The van der Waals surface area contributed by atoms with Gasteiger partial charge in [-0.15, -0.1) is 0 Å². The Morgan fingerprint density at radius 1 is 0.929 bits per heavy atom. The highest BCUT2D eigenvalue weighted by Crippen LogP contribution is 2.22. The Morgan fingerprint density at radius 2 is 1.54 bits per heavy atom. The molecule has 1 aliphatic heterocycles. The van der Waals surface area contributed by atoms with E-state index in [1.807, 2.05) is 18.2 Å². The van der Waals surface area contributed by atoms with E-state index in [1.165, 1.54) is 14.2 Å². The normalized spacial score (nSPS) is 13.8. The summed E-state index contributed by atoms with van der Waals surface area (Å²) >= 11 is 0. The molecule has 0 radical (unpaired) electrons. The van der Waals surface area contributed by atoms with E-state index in [0.717, 1.165) is 18.8 Å². The molecule has 1 aliphatic rings. The molecular weight excluding hydrogens is 358 g/mol. The van der Waals surface area contributed by atoms with Crippen LogP contribution in [0.15, 0.2) is 48.5 Å². The lowest BCUT2D eigenvalue weighted by Gasteiger charge is -2.36. The zero-order valence-corrected chi connectivity index (χ0v) is 16.2. The minimum absolute atomic E-state index is 0.0380. The third kappa shape index (κ3) is 4.73. The molecule has 0 spiro atoms. The Kier molecular flexibility index (Phi) is 6.37. The number of rotatable bonds is 6. The van der Waals surface area contributed by atoms with Crippen molar-refractivity contribution in [2.24, 2.45) is 0 Å². The van der Waals surface area contributed by atoms with Gasteiger partial charge in [-0.2, -0.15) is 0 Å². The van der Waals surface area contributed by atoms with E-state index in [0.29, 0.717) is 30.2 Å². The van der Waals surface area contributed by atoms with E-state index >= 15 is 0 Å². The predicted octanol–water partition coefficient (Wildman–Crippen LogP) is 1.78. The molecule has 0 aliphatic carbocycles. The molecule has 0 unspecified atom stereocenters. The quantitative estimate of drug-likeness (QED) is 0.823. The Hall–Kier alpha value is -3.22. The van der Waals surface area contributed by atoms with E-state index in [2.05, 4.69) is 22.3 Å². The summed E-state index contributed by atoms with van der Waals surface area (Å²) in [6, 6.07) is 15.1. The van der Waals surface area contributed by atoms with Crippen LogP contribution < -0.4 is 19.7 Å². The second kappa shape index (κ2) is 9.12. The van der Waals surface area contributed by atoms with Gasteiger partial charge in [-0.1, -0.05) is 18.2 Å². The van der Waals surface area contributed by atoms with E-state index in [4.69, 9.17) is 9.47 Å². The molecule has 7 heteroatoms. The third-order valence-corrected chi connectivity index (χ3v) is 4.77. The first-order valence-corrected chi connectivity index (χ1v) is 9.19. The van der Waals surface area contributed by atoms with Crippen LogP contribution in [0.25, 0.3) is 0 Å². The Morgan fingerprint density at radius 3 is 2.11 bits per heavy atom. The van der Waals surface area contributed by atoms with Gasteiger partial charge in [0.15, 0.2) is 0 Å². The van der Waals surface area contributed by atoms with Crippen LogP contribution in [0.1, 0.15) is 10.4 Å². The van der Waals surface area contributed by atoms with Gasteiger partial charge >= 0.3 is 0 Å². The fraction of sp³-hybridized carbons (Fsp3) is 0.333. The maximum atomic E-state index is 12.5. The number of hydrogen-bond donors (Lipinski definition) is 1. The predicted molar refractivity (Wildman–Crippen MR) is 107 cm³/mol. The van der Waals surface area contributed by atoms with Crippen molar-refractivity contribution in [2.75, 3.05) is 51.8 Å². The molecule has 2 aromatic carbocycles. The van der Waals surface area contributed by atoms with Gasteiger partial charge in [0.2, 0.25) is 5.91 Å². The van der Waals surface area contributed by atoms with Crippen LogP contribution in [0.5, 0.6) is 11.5 Å². The highest BCUT2D eigenvalue weighted by molar-refractivity contribution is 5.97. The summed E-state index contributed by atoms with van der Waals surface area (Å²) in [4.78, 5) is 28.9. The summed E-state index contributed by atoms with van der Waals surface area (Å²) < 4.78 is 10.3. The average Bonchev–Trinajstić information content (AvgIpc) is 2.77. The zero-order chi connectivity index (χ0) is 19.9. The van der Waals surface area contributed by atoms with Gasteiger partial charge < -0.3 is 24.6 Å². The summed E-state index contributed by atoms with van der Waals surface area (Å²) in [6.07, 6.45) is 0. The molecule has 28 heavy (non-hydrogen) atoms. The molecule has 1 heterocycles. The van der Waals surface area contributed by atoms with Crippen molar-refractivity contribution in [3.63, 3.8) is 0 Å². The monoisotopic (exact) mass is 383 g/mol. The number of hydrogen-bond acceptors (Lipinski definition) is 5. The first kappa shape index (κ1) is 19.5. The highest BCUT2D eigenvalue weighted by atomic mass is 16.5. The van der Waals surface area contributed by atoms with Gasteiger partial charge in [0, 0.05) is 43.5 Å². The number of nitrogens with one attached hydrogen (secondary N) is 1. The lowest BCUT2D eigenvalue weighted by molar-refractivity contribution is -0.130. The second-order valence-electron chi connectivity index (χ2n) is 6.49. The van der Waals surface area contributed by atoms with Crippen molar-refractivity contribution in [1.29, 1.82) is 0 Å². The van der Waals surface area contributed by atoms with Crippen LogP contribution in [-0.4, -0.2) is 63.7 Å². The largest absolute Gasteiger partial charge is 0.497 e. The number of ether oxygens (including phenoxy) is 2. The molecule has 3 rings (SSSR count). The third-order valence-electron chi connectivity index (χ3n) is 4.77. The van der Waals surface area contributed by atoms with Gasteiger partial charge in [-0.05, 0) is 24.3 Å². The molecule has 148 valence electrons. The number of carbonyl (C=O) groups excluding carboxylic acids is 2. The number of carbonyl (C=O) groups is 2. The second-order valence-corrected chi connectivity index (χ2v) is 6.49. The Bertz CT molecular complexity index is 795. The fourth-order valence-corrected chi connectivity index (χ4v) is 3.16. The van der Waals surface area contributed by atoms with Gasteiger partial charge in [-0.25, -0.2) is 0 Å². The SMILES string of the molecule is COc1cc(OC)cc(C(=O)NCC(=O)N2CCN(c3ccccc3)CC2)c1. The van der Waals surface area contributed by atoms with Gasteiger partial charge in [0.25, 0.3) is 5.91 Å². The van der Waals surface area contributed by atoms with Crippen molar-refractivity contribution in [3.05, 3.63) is 54.1 Å². The Labute approximate surface area is 164 Å². The molecule has 1 N–H and O–H groups in total. The maximum absolute atomic E-state index is 12.5. The molecule has 0 bridgehead atoms.